The van der Waals surface area contributed by atoms with Crippen molar-refractivity contribution < 1.29 is 19.4 Å². The Hall–Kier alpha value is -2.10. The van der Waals surface area contributed by atoms with Gasteiger partial charge in [-0.25, -0.2) is 0 Å². The monoisotopic (exact) mass is 558 g/mol. The highest BCUT2D eigenvalue weighted by atomic mass is 16.5. The van der Waals surface area contributed by atoms with Crippen molar-refractivity contribution in [2.45, 2.75) is 168 Å². The smallest absolute Gasteiger partial charge is 0.306 e. The molecule has 0 saturated heterocycles. The third kappa shape index (κ3) is 30.4. The first-order valence-electron chi connectivity index (χ1n) is 16.6. The lowest BCUT2D eigenvalue weighted by molar-refractivity contribution is -0.147. The van der Waals surface area contributed by atoms with E-state index in [0.29, 0.717) is 6.42 Å². The first-order chi connectivity index (χ1) is 19.6. The molecule has 0 amide bonds. The number of carbonyl (C=O) groups is 2. The van der Waals surface area contributed by atoms with Crippen LogP contribution < -0.4 is 0 Å². The Labute approximate surface area is 247 Å². The second kappa shape index (κ2) is 31.4. The maximum absolute atomic E-state index is 12.5. The molecule has 0 radical (unpaired) electrons. The van der Waals surface area contributed by atoms with Gasteiger partial charge in [0.05, 0.1) is 0 Å². The highest BCUT2D eigenvalue weighted by Crippen LogP contribution is 2.14. The SMILES string of the molecule is CCCC/C=C\CCCCCCCC(=O)OC(/C=C\C/C=C\C/C=C\CCCCC)CCCCCCCC(=O)O. The molecule has 0 bridgehead atoms. The van der Waals surface area contributed by atoms with E-state index in [4.69, 9.17) is 9.84 Å². The van der Waals surface area contributed by atoms with Crippen molar-refractivity contribution in [2.24, 2.45) is 0 Å². The van der Waals surface area contributed by atoms with Crippen LogP contribution in [0.3, 0.4) is 0 Å². The van der Waals surface area contributed by atoms with Gasteiger partial charge in [0.25, 0.3) is 0 Å². The summed E-state index contributed by atoms with van der Waals surface area (Å²) in [6.45, 7) is 4.46. The summed E-state index contributed by atoms with van der Waals surface area (Å²) in [5, 5.41) is 8.77. The molecule has 1 unspecified atom stereocenters. The number of carboxylic acid groups (broad SMARTS) is 1. The summed E-state index contributed by atoms with van der Waals surface area (Å²) in [6, 6.07) is 0. The van der Waals surface area contributed by atoms with Crippen LogP contribution >= 0.6 is 0 Å². The number of carbonyl (C=O) groups excluding carboxylic acids is 1. The number of esters is 1. The quantitative estimate of drug-likeness (QED) is 0.0563. The van der Waals surface area contributed by atoms with E-state index in [-0.39, 0.29) is 18.5 Å². The Morgan fingerprint density at radius 1 is 0.575 bits per heavy atom. The van der Waals surface area contributed by atoms with Crippen molar-refractivity contribution in [3.8, 4) is 0 Å². The topological polar surface area (TPSA) is 63.6 Å². The van der Waals surface area contributed by atoms with Crippen molar-refractivity contribution in [2.75, 3.05) is 0 Å². The Balaban J connectivity index is 4.29. The van der Waals surface area contributed by atoms with Crippen molar-refractivity contribution in [3.63, 3.8) is 0 Å². The zero-order valence-corrected chi connectivity index (χ0v) is 26.1. The van der Waals surface area contributed by atoms with Crippen molar-refractivity contribution in [3.05, 3.63) is 48.6 Å². The van der Waals surface area contributed by atoms with Gasteiger partial charge in [-0.3, -0.25) is 9.59 Å². The standard InChI is InChI=1S/C36H62O4/c1-3-5-7-9-11-13-15-17-19-22-26-30-34(31-27-23-21-24-28-32-35(37)38)40-36(39)33-29-25-20-18-16-14-12-10-8-6-4-2/h10-13,17,19,26,30,34H,3-9,14-16,18,20-25,27-29,31-33H2,1-2H3,(H,37,38)/b12-10-,13-11-,19-17-,30-26-. The molecule has 4 heteroatoms. The van der Waals surface area contributed by atoms with Gasteiger partial charge in [-0.15, -0.1) is 0 Å². The Bertz CT molecular complexity index is 689. The van der Waals surface area contributed by atoms with Crippen LogP contribution in [0.15, 0.2) is 48.6 Å². The first-order valence-corrected chi connectivity index (χ1v) is 16.6. The van der Waals surface area contributed by atoms with Crippen LogP contribution in [-0.4, -0.2) is 23.1 Å². The predicted molar refractivity (Wildman–Crippen MR) is 172 cm³/mol. The number of allylic oxidation sites excluding steroid dienone is 7. The third-order valence-corrected chi connectivity index (χ3v) is 7.01. The lowest BCUT2D eigenvalue weighted by Crippen LogP contribution is -2.16. The minimum Gasteiger partial charge on any atom is -0.481 e. The van der Waals surface area contributed by atoms with Gasteiger partial charge in [0.1, 0.15) is 6.10 Å². The number of hydrogen-bond acceptors (Lipinski definition) is 3. The van der Waals surface area contributed by atoms with Crippen LogP contribution in [0, 0.1) is 0 Å². The molecular formula is C36H62O4. The van der Waals surface area contributed by atoms with Gasteiger partial charge >= 0.3 is 11.9 Å². The number of unbranched alkanes of at least 4 members (excludes halogenated alkanes) is 14. The van der Waals surface area contributed by atoms with E-state index in [1.54, 1.807) is 0 Å². The minimum atomic E-state index is -0.718. The lowest BCUT2D eigenvalue weighted by atomic mass is 10.1. The summed E-state index contributed by atoms with van der Waals surface area (Å²) in [5.74, 6) is -0.803. The summed E-state index contributed by atoms with van der Waals surface area (Å²) in [4.78, 5) is 23.2. The molecule has 230 valence electrons. The van der Waals surface area contributed by atoms with Crippen LogP contribution in [-0.2, 0) is 14.3 Å². The number of aliphatic carboxylic acids is 1. The molecule has 0 aromatic rings. The molecule has 0 heterocycles. The summed E-state index contributed by atoms with van der Waals surface area (Å²) in [6.07, 6.45) is 41.2. The largest absolute Gasteiger partial charge is 0.481 e. The van der Waals surface area contributed by atoms with Crippen molar-refractivity contribution in [1.82, 2.24) is 0 Å². The van der Waals surface area contributed by atoms with Crippen LogP contribution in [0.2, 0.25) is 0 Å². The number of rotatable bonds is 29. The zero-order valence-electron chi connectivity index (χ0n) is 26.1. The van der Waals surface area contributed by atoms with E-state index in [0.717, 1.165) is 64.2 Å². The minimum absolute atomic E-state index is 0.0845. The fraction of sp³-hybridized carbons (Fsp3) is 0.722. The highest BCUT2D eigenvalue weighted by molar-refractivity contribution is 5.69. The summed E-state index contributed by atoms with van der Waals surface area (Å²) >= 11 is 0. The molecule has 0 saturated carbocycles. The average molecular weight is 559 g/mol. The molecule has 0 aliphatic carbocycles. The average Bonchev–Trinajstić information content (AvgIpc) is 2.93. The van der Waals surface area contributed by atoms with Gasteiger partial charge < -0.3 is 9.84 Å². The molecule has 1 atom stereocenters. The lowest BCUT2D eigenvalue weighted by Gasteiger charge is -2.14. The van der Waals surface area contributed by atoms with E-state index in [1.807, 2.05) is 0 Å². The fourth-order valence-corrected chi connectivity index (χ4v) is 4.50. The maximum Gasteiger partial charge on any atom is 0.306 e. The Morgan fingerprint density at radius 3 is 1.75 bits per heavy atom. The van der Waals surface area contributed by atoms with Gasteiger partial charge in [-0.05, 0) is 76.7 Å². The fourth-order valence-electron chi connectivity index (χ4n) is 4.50. The molecule has 0 aromatic carbocycles. The summed E-state index contributed by atoms with van der Waals surface area (Å²) < 4.78 is 5.85. The predicted octanol–water partition coefficient (Wildman–Crippen LogP) is 11.2. The summed E-state index contributed by atoms with van der Waals surface area (Å²) in [5.41, 5.74) is 0. The van der Waals surface area contributed by atoms with Gasteiger partial charge in [-0.2, -0.15) is 0 Å². The van der Waals surface area contributed by atoms with Gasteiger partial charge in [-0.1, -0.05) is 121 Å². The zero-order chi connectivity index (χ0) is 29.4. The van der Waals surface area contributed by atoms with E-state index >= 15 is 0 Å². The number of ether oxygens (including phenoxy) is 1. The van der Waals surface area contributed by atoms with Crippen molar-refractivity contribution in [1.29, 1.82) is 0 Å². The number of hydrogen-bond donors (Lipinski definition) is 1. The Morgan fingerprint density at radius 2 is 1.07 bits per heavy atom. The molecule has 1 N–H and O–H groups in total. The van der Waals surface area contributed by atoms with Gasteiger partial charge in [0, 0.05) is 12.8 Å². The van der Waals surface area contributed by atoms with Crippen LogP contribution in [0.5, 0.6) is 0 Å². The molecule has 0 aromatic heterocycles. The van der Waals surface area contributed by atoms with E-state index in [9.17, 15) is 9.59 Å². The normalized spacial score (nSPS) is 12.8. The molecule has 0 rings (SSSR count). The molecule has 0 aliphatic heterocycles. The highest BCUT2D eigenvalue weighted by Gasteiger charge is 2.11. The summed E-state index contributed by atoms with van der Waals surface area (Å²) in [7, 11) is 0. The van der Waals surface area contributed by atoms with Crippen LogP contribution in [0.4, 0.5) is 0 Å². The second-order valence-corrected chi connectivity index (χ2v) is 11.0. The van der Waals surface area contributed by atoms with E-state index in [2.05, 4.69) is 62.5 Å². The molecule has 0 aliphatic rings. The second-order valence-electron chi connectivity index (χ2n) is 11.0. The van der Waals surface area contributed by atoms with Gasteiger partial charge in [0.15, 0.2) is 0 Å². The number of carboxylic acids is 1. The Kier molecular flexibility index (Phi) is 29.8. The van der Waals surface area contributed by atoms with Crippen LogP contribution in [0.25, 0.3) is 0 Å². The molecular weight excluding hydrogens is 496 g/mol. The van der Waals surface area contributed by atoms with E-state index in [1.165, 1.54) is 70.6 Å². The van der Waals surface area contributed by atoms with Crippen molar-refractivity contribution >= 4 is 11.9 Å². The van der Waals surface area contributed by atoms with E-state index < -0.39 is 5.97 Å². The first kappa shape index (κ1) is 37.9. The maximum atomic E-state index is 12.5. The molecule has 40 heavy (non-hydrogen) atoms. The molecule has 0 fully saturated rings. The van der Waals surface area contributed by atoms with Gasteiger partial charge in [0.2, 0.25) is 0 Å². The molecule has 4 nitrogen and oxygen atoms in total. The van der Waals surface area contributed by atoms with Crippen LogP contribution in [0.1, 0.15) is 162 Å². The molecule has 0 spiro atoms. The third-order valence-electron chi connectivity index (χ3n) is 7.01.